The third-order valence-electron chi connectivity index (χ3n) is 3.97. The molecule has 27 heavy (non-hydrogen) atoms. The number of rotatable bonds is 8. The average Bonchev–Trinajstić information content (AvgIpc) is 2.60. The van der Waals surface area contributed by atoms with Crippen LogP contribution in [-0.4, -0.2) is 36.0 Å². The first kappa shape index (κ1) is 20.0. The fourth-order valence-electron chi connectivity index (χ4n) is 2.75. The summed E-state index contributed by atoms with van der Waals surface area (Å²) < 4.78 is 5.26. The fraction of sp³-hybridized carbons (Fsp3) is 0.250. The number of ether oxygens (including phenoxy) is 1. The van der Waals surface area contributed by atoms with Crippen LogP contribution in [0.1, 0.15) is 37.4 Å². The first-order chi connectivity index (χ1) is 12.8. The van der Waals surface area contributed by atoms with Crippen molar-refractivity contribution >= 4 is 17.8 Å². The lowest BCUT2D eigenvalue weighted by Gasteiger charge is -2.13. The lowest BCUT2D eigenvalue weighted by molar-refractivity contribution is -0.139. The molecule has 2 amide bonds. The Labute approximate surface area is 157 Å². The van der Waals surface area contributed by atoms with Gasteiger partial charge in [-0.25, -0.2) is 4.79 Å². The molecular formula is C20H22N2O5. The summed E-state index contributed by atoms with van der Waals surface area (Å²) in [4.78, 5) is 34.2. The lowest BCUT2D eigenvalue weighted by atomic mass is 10.0. The molecule has 4 N–H and O–H groups in total. The molecule has 0 radical (unpaired) electrons. The van der Waals surface area contributed by atoms with Gasteiger partial charge in [0.2, 0.25) is 5.91 Å². The molecule has 0 fully saturated rings. The minimum absolute atomic E-state index is 0.239. The van der Waals surface area contributed by atoms with E-state index in [0.717, 1.165) is 5.56 Å². The Kier molecular flexibility index (Phi) is 6.54. The average molecular weight is 370 g/mol. The maximum atomic E-state index is 12.4. The van der Waals surface area contributed by atoms with Crippen molar-refractivity contribution in [2.24, 2.45) is 5.73 Å². The highest BCUT2D eigenvalue weighted by molar-refractivity contribution is 5.95. The van der Waals surface area contributed by atoms with E-state index >= 15 is 0 Å². The number of primary amides is 1. The number of aliphatic carboxylic acids is 1. The largest absolute Gasteiger partial charge is 0.481 e. The van der Waals surface area contributed by atoms with Gasteiger partial charge in [0.25, 0.3) is 5.91 Å². The monoisotopic (exact) mass is 370 g/mol. The van der Waals surface area contributed by atoms with Gasteiger partial charge in [-0.1, -0.05) is 12.1 Å². The summed E-state index contributed by atoms with van der Waals surface area (Å²) in [7, 11) is 0. The van der Waals surface area contributed by atoms with E-state index in [9.17, 15) is 14.4 Å². The zero-order valence-electron chi connectivity index (χ0n) is 15.2. The highest BCUT2D eigenvalue weighted by Crippen LogP contribution is 2.24. The Bertz CT molecular complexity index is 853. The third kappa shape index (κ3) is 5.57. The highest BCUT2D eigenvalue weighted by atomic mass is 16.5. The molecule has 0 aliphatic rings. The Morgan fingerprint density at radius 2 is 1.74 bits per heavy atom. The van der Waals surface area contributed by atoms with Gasteiger partial charge < -0.3 is 20.9 Å². The van der Waals surface area contributed by atoms with Crippen molar-refractivity contribution in [2.45, 2.75) is 20.3 Å². The first-order valence-electron chi connectivity index (χ1n) is 8.40. The molecule has 0 aliphatic heterocycles. The van der Waals surface area contributed by atoms with Crippen LogP contribution >= 0.6 is 0 Å². The SMILES string of the molecule is Cc1cc(C(=O)NCCc2cccc(C(N)=O)c2)cc(C)c1OCC(=O)O. The van der Waals surface area contributed by atoms with Crippen LogP contribution in [0.25, 0.3) is 0 Å². The minimum Gasteiger partial charge on any atom is -0.481 e. The van der Waals surface area contributed by atoms with Crippen molar-refractivity contribution in [3.05, 3.63) is 64.2 Å². The van der Waals surface area contributed by atoms with Crippen LogP contribution in [0.2, 0.25) is 0 Å². The van der Waals surface area contributed by atoms with Crippen molar-refractivity contribution in [2.75, 3.05) is 13.2 Å². The molecule has 0 saturated heterocycles. The second kappa shape index (κ2) is 8.84. The number of carbonyl (C=O) groups is 3. The van der Waals surface area contributed by atoms with Crippen molar-refractivity contribution in [3.8, 4) is 5.75 Å². The zero-order valence-corrected chi connectivity index (χ0v) is 15.2. The van der Waals surface area contributed by atoms with Gasteiger partial charge in [0, 0.05) is 17.7 Å². The van der Waals surface area contributed by atoms with E-state index in [2.05, 4.69) is 5.32 Å². The third-order valence-corrected chi connectivity index (χ3v) is 3.97. The Morgan fingerprint density at radius 3 is 2.33 bits per heavy atom. The summed E-state index contributed by atoms with van der Waals surface area (Å²) in [6.07, 6.45) is 0.560. The molecule has 2 aromatic carbocycles. The van der Waals surface area contributed by atoms with Crippen molar-refractivity contribution in [1.29, 1.82) is 0 Å². The summed E-state index contributed by atoms with van der Waals surface area (Å²) in [5.41, 5.74) is 8.45. The van der Waals surface area contributed by atoms with E-state index in [1.807, 2.05) is 6.07 Å². The number of nitrogens with two attached hydrogens (primary N) is 1. The molecular weight excluding hydrogens is 348 g/mol. The van der Waals surface area contributed by atoms with Crippen LogP contribution in [0.3, 0.4) is 0 Å². The molecule has 142 valence electrons. The molecule has 0 bridgehead atoms. The summed E-state index contributed by atoms with van der Waals surface area (Å²) in [5, 5.41) is 11.6. The maximum Gasteiger partial charge on any atom is 0.341 e. The molecule has 7 nitrogen and oxygen atoms in total. The number of amides is 2. The van der Waals surface area contributed by atoms with Gasteiger partial charge in [0.1, 0.15) is 5.75 Å². The number of carboxylic acid groups (broad SMARTS) is 1. The quantitative estimate of drug-likeness (QED) is 0.655. The molecule has 7 heteroatoms. The number of hydrogen-bond donors (Lipinski definition) is 3. The summed E-state index contributed by atoms with van der Waals surface area (Å²) >= 11 is 0. The Hall–Kier alpha value is -3.35. The Morgan fingerprint density at radius 1 is 1.07 bits per heavy atom. The maximum absolute atomic E-state index is 12.4. The number of carboxylic acids is 1. The highest BCUT2D eigenvalue weighted by Gasteiger charge is 2.12. The van der Waals surface area contributed by atoms with Crippen LogP contribution in [0.5, 0.6) is 5.75 Å². The molecule has 2 rings (SSSR count). The molecule has 0 unspecified atom stereocenters. The van der Waals surface area contributed by atoms with Gasteiger partial charge in [0.15, 0.2) is 6.61 Å². The lowest BCUT2D eigenvalue weighted by Crippen LogP contribution is -2.26. The van der Waals surface area contributed by atoms with Gasteiger partial charge in [-0.2, -0.15) is 0 Å². The van der Waals surface area contributed by atoms with Gasteiger partial charge in [0.05, 0.1) is 0 Å². The zero-order chi connectivity index (χ0) is 20.0. The smallest absolute Gasteiger partial charge is 0.341 e. The van der Waals surface area contributed by atoms with Crippen molar-refractivity contribution in [3.63, 3.8) is 0 Å². The van der Waals surface area contributed by atoms with E-state index < -0.39 is 18.5 Å². The van der Waals surface area contributed by atoms with Crippen molar-refractivity contribution < 1.29 is 24.2 Å². The van der Waals surface area contributed by atoms with Crippen LogP contribution in [0.15, 0.2) is 36.4 Å². The summed E-state index contributed by atoms with van der Waals surface area (Å²) in [6.45, 7) is 3.49. The van der Waals surface area contributed by atoms with Gasteiger partial charge >= 0.3 is 5.97 Å². The topological polar surface area (TPSA) is 119 Å². The molecule has 0 aromatic heterocycles. The fourth-order valence-corrected chi connectivity index (χ4v) is 2.75. The second-order valence-electron chi connectivity index (χ2n) is 6.19. The number of aryl methyl sites for hydroxylation is 2. The molecule has 0 aliphatic carbocycles. The summed E-state index contributed by atoms with van der Waals surface area (Å²) in [6, 6.07) is 10.3. The molecule has 0 spiro atoms. The molecule has 2 aromatic rings. The predicted molar refractivity (Wildman–Crippen MR) is 100 cm³/mol. The standard InChI is InChI=1S/C20H22N2O5/c1-12-8-16(9-13(2)18(12)27-11-17(23)24)20(26)22-7-6-14-4-3-5-15(10-14)19(21)25/h3-5,8-10H,6-7,11H2,1-2H3,(H2,21,25)(H,22,26)(H,23,24). The van der Waals surface area contributed by atoms with Crippen LogP contribution in [0.4, 0.5) is 0 Å². The molecule has 0 atom stereocenters. The molecule has 0 saturated carbocycles. The predicted octanol–water partition coefficient (Wildman–Crippen LogP) is 1.84. The van der Waals surface area contributed by atoms with Crippen LogP contribution in [-0.2, 0) is 11.2 Å². The van der Waals surface area contributed by atoms with Crippen molar-refractivity contribution in [1.82, 2.24) is 5.32 Å². The Balaban J connectivity index is 1.98. The van der Waals surface area contributed by atoms with Gasteiger partial charge in [-0.05, 0) is 61.2 Å². The second-order valence-corrected chi connectivity index (χ2v) is 6.19. The van der Waals surface area contributed by atoms with Crippen LogP contribution in [0, 0.1) is 13.8 Å². The first-order valence-corrected chi connectivity index (χ1v) is 8.40. The van der Waals surface area contributed by atoms with Crippen LogP contribution < -0.4 is 15.8 Å². The van der Waals surface area contributed by atoms with E-state index in [4.69, 9.17) is 15.6 Å². The van der Waals surface area contributed by atoms with E-state index in [1.165, 1.54) is 0 Å². The van der Waals surface area contributed by atoms with E-state index in [0.29, 0.717) is 41.0 Å². The van der Waals surface area contributed by atoms with Gasteiger partial charge in [-0.3, -0.25) is 9.59 Å². The van der Waals surface area contributed by atoms with E-state index in [1.54, 1.807) is 44.2 Å². The minimum atomic E-state index is -1.06. The number of hydrogen-bond acceptors (Lipinski definition) is 4. The number of nitrogens with one attached hydrogen (secondary N) is 1. The molecule has 0 heterocycles. The van der Waals surface area contributed by atoms with Gasteiger partial charge in [-0.15, -0.1) is 0 Å². The summed E-state index contributed by atoms with van der Waals surface area (Å²) in [5.74, 6) is -1.32. The van der Waals surface area contributed by atoms with E-state index in [-0.39, 0.29) is 5.91 Å². The number of benzene rings is 2. The number of carbonyl (C=O) groups excluding carboxylic acids is 2. The normalized spacial score (nSPS) is 10.3.